The molecule has 2 atom stereocenters. The zero-order chi connectivity index (χ0) is 23.6. The van der Waals surface area contributed by atoms with Crippen molar-refractivity contribution in [2.75, 3.05) is 31.5 Å². The summed E-state index contributed by atoms with van der Waals surface area (Å²) in [5.74, 6) is -0.232. The van der Waals surface area contributed by atoms with Gasteiger partial charge in [-0.15, -0.1) is 0 Å². The monoisotopic (exact) mass is 454 g/mol. The van der Waals surface area contributed by atoms with E-state index in [9.17, 15) is 14.4 Å². The number of nitrogens with one attached hydrogen (secondary N) is 2. The molecule has 0 radical (unpaired) electrons. The lowest BCUT2D eigenvalue weighted by Crippen LogP contribution is -2.54. The van der Waals surface area contributed by atoms with Crippen LogP contribution in [0.1, 0.15) is 46.5 Å². The minimum Gasteiger partial charge on any atom is -0.323 e. The van der Waals surface area contributed by atoms with E-state index in [0.29, 0.717) is 18.9 Å². The summed E-state index contributed by atoms with van der Waals surface area (Å²) in [6, 6.07) is 7.25. The summed E-state index contributed by atoms with van der Waals surface area (Å²) >= 11 is 0. The van der Waals surface area contributed by atoms with Gasteiger partial charge in [0.15, 0.2) is 0 Å². The number of urea groups is 1. The SMILES string of the molecule is CCN(CC)CCn1c(NC(=O)CN2C(=O)N[C@]3(CCCC[C@@H]3C)C2=O)nc2ccccc21. The quantitative estimate of drug-likeness (QED) is 0.598. The molecule has 9 nitrogen and oxygen atoms in total. The molecule has 0 bridgehead atoms. The normalized spacial score (nSPS) is 23.0. The Bertz CT molecular complexity index is 1050. The first-order valence-electron chi connectivity index (χ1n) is 12.0. The molecule has 4 amide bonds. The number of fused-ring (bicyclic) bond motifs is 1. The van der Waals surface area contributed by atoms with E-state index in [1.807, 2.05) is 35.8 Å². The minimum atomic E-state index is -0.869. The van der Waals surface area contributed by atoms with Crippen molar-refractivity contribution in [3.8, 4) is 0 Å². The highest BCUT2D eigenvalue weighted by atomic mass is 16.2. The number of rotatable bonds is 8. The Labute approximate surface area is 194 Å². The number of benzene rings is 1. The zero-order valence-corrected chi connectivity index (χ0v) is 19.8. The number of hydrogen-bond acceptors (Lipinski definition) is 5. The molecule has 178 valence electrons. The predicted octanol–water partition coefficient (Wildman–Crippen LogP) is 2.82. The number of amides is 4. The van der Waals surface area contributed by atoms with Gasteiger partial charge in [0, 0.05) is 13.1 Å². The third-order valence-corrected chi connectivity index (χ3v) is 7.24. The van der Waals surface area contributed by atoms with Crippen LogP contribution in [-0.4, -0.2) is 68.9 Å². The van der Waals surface area contributed by atoms with E-state index in [0.717, 1.165) is 54.8 Å². The Morgan fingerprint density at radius 3 is 2.73 bits per heavy atom. The van der Waals surface area contributed by atoms with Crippen molar-refractivity contribution in [1.82, 2.24) is 24.7 Å². The molecule has 2 aliphatic rings. The highest BCUT2D eigenvalue weighted by Gasteiger charge is 2.55. The summed E-state index contributed by atoms with van der Waals surface area (Å²) in [5.41, 5.74) is 0.856. The van der Waals surface area contributed by atoms with Crippen LogP contribution in [0.5, 0.6) is 0 Å². The summed E-state index contributed by atoms with van der Waals surface area (Å²) in [6.45, 7) is 9.30. The Hall–Kier alpha value is -2.94. The van der Waals surface area contributed by atoms with Gasteiger partial charge in [-0.3, -0.25) is 19.8 Å². The van der Waals surface area contributed by atoms with E-state index in [-0.39, 0.29) is 18.4 Å². The molecular formula is C24H34N6O3. The second kappa shape index (κ2) is 9.51. The zero-order valence-electron chi connectivity index (χ0n) is 19.8. The Kier molecular flexibility index (Phi) is 6.69. The Balaban J connectivity index is 1.50. The molecule has 1 aliphatic carbocycles. The lowest BCUT2D eigenvalue weighted by atomic mass is 9.73. The molecule has 1 spiro atoms. The highest BCUT2D eigenvalue weighted by molar-refractivity contribution is 6.10. The second-order valence-corrected chi connectivity index (χ2v) is 9.09. The first-order chi connectivity index (χ1) is 15.9. The lowest BCUT2D eigenvalue weighted by molar-refractivity contribution is -0.136. The minimum absolute atomic E-state index is 0.0556. The van der Waals surface area contributed by atoms with Crippen LogP contribution >= 0.6 is 0 Å². The Morgan fingerprint density at radius 1 is 1.24 bits per heavy atom. The number of imide groups is 1. The Morgan fingerprint density at radius 2 is 2.00 bits per heavy atom. The third kappa shape index (κ3) is 4.34. The van der Waals surface area contributed by atoms with Gasteiger partial charge in [0.1, 0.15) is 12.1 Å². The maximum atomic E-state index is 13.2. The van der Waals surface area contributed by atoms with Gasteiger partial charge >= 0.3 is 6.03 Å². The molecule has 33 heavy (non-hydrogen) atoms. The summed E-state index contributed by atoms with van der Waals surface area (Å²) in [6.07, 6.45) is 3.46. The fourth-order valence-electron chi connectivity index (χ4n) is 5.13. The van der Waals surface area contributed by atoms with Crippen LogP contribution in [0, 0.1) is 5.92 Å². The van der Waals surface area contributed by atoms with Crippen LogP contribution in [0.25, 0.3) is 11.0 Å². The van der Waals surface area contributed by atoms with Crippen LogP contribution in [0.3, 0.4) is 0 Å². The van der Waals surface area contributed by atoms with Crippen molar-refractivity contribution in [3.05, 3.63) is 24.3 Å². The average molecular weight is 455 g/mol. The number of carbonyl (C=O) groups excluding carboxylic acids is 3. The van der Waals surface area contributed by atoms with Crippen molar-refractivity contribution < 1.29 is 14.4 Å². The summed E-state index contributed by atoms with van der Waals surface area (Å²) in [4.78, 5) is 46.7. The molecule has 0 unspecified atom stereocenters. The standard InChI is InChI=1S/C24H34N6O3/c1-4-28(5-2)14-15-29-19-12-7-6-11-18(19)25-22(29)26-20(31)16-30-21(32)24(27-23(30)33)13-9-8-10-17(24)3/h6-7,11-12,17H,4-5,8-10,13-16H2,1-3H3,(H,27,33)(H,25,26,31)/t17-,24-/m0/s1. The number of carbonyl (C=O) groups is 3. The maximum Gasteiger partial charge on any atom is 0.325 e. The fraction of sp³-hybridized carbons (Fsp3) is 0.583. The van der Waals surface area contributed by atoms with Crippen LogP contribution in [0.15, 0.2) is 24.3 Å². The number of imidazole rings is 1. The molecule has 4 rings (SSSR count). The van der Waals surface area contributed by atoms with Gasteiger partial charge in [-0.05, 0) is 44.0 Å². The van der Waals surface area contributed by atoms with Gasteiger partial charge in [-0.25, -0.2) is 9.78 Å². The summed E-state index contributed by atoms with van der Waals surface area (Å²) in [5, 5.41) is 5.75. The van der Waals surface area contributed by atoms with Gasteiger partial charge in [0.2, 0.25) is 11.9 Å². The van der Waals surface area contributed by atoms with Crippen molar-refractivity contribution in [2.24, 2.45) is 5.92 Å². The highest BCUT2D eigenvalue weighted by Crippen LogP contribution is 2.38. The molecule has 1 saturated heterocycles. The topological polar surface area (TPSA) is 99.6 Å². The lowest BCUT2D eigenvalue weighted by Gasteiger charge is -2.36. The molecule has 2 heterocycles. The molecule has 2 fully saturated rings. The van der Waals surface area contributed by atoms with Gasteiger partial charge in [0.05, 0.1) is 11.0 Å². The van der Waals surface area contributed by atoms with Crippen LogP contribution in [0.2, 0.25) is 0 Å². The first-order valence-corrected chi connectivity index (χ1v) is 12.0. The molecule has 2 N–H and O–H groups in total. The van der Waals surface area contributed by atoms with Gasteiger partial charge in [-0.1, -0.05) is 45.7 Å². The van der Waals surface area contributed by atoms with Crippen LogP contribution in [0.4, 0.5) is 10.7 Å². The molecule has 1 aromatic carbocycles. The van der Waals surface area contributed by atoms with Crippen molar-refractivity contribution in [2.45, 2.75) is 58.5 Å². The molecule has 9 heteroatoms. The van der Waals surface area contributed by atoms with Crippen molar-refractivity contribution >= 4 is 34.8 Å². The summed E-state index contributed by atoms with van der Waals surface area (Å²) in [7, 11) is 0. The average Bonchev–Trinajstić information content (AvgIpc) is 3.26. The van der Waals surface area contributed by atoms with E-state index in [1.54, 1.807) is 0 Å². The van der Waals surface area contributed by atoms with Crippen molar-refractivity contribution in [1.29, 1.82) is 0 Å². The maximum absolute atomic E-state index is 13.2. The van der Waals surface area contributed by atoms with Crippen molar-refractivity contribution in [3.63, 3.8) is 0 Å². The van der Waals surface area contributed by atoms with E-state index in [4.69, 9.17) is 0 Å². The van der Waals surface area contributed by atoms with E-state index in [2.05, 4.69) is 34.4 Å². The van der Waals surface area contributed by atoms with Gasteiger partial charge < -0.3 is 14.8 Å². The number of para-hydroxylation sites is 2. The first kappa shape index (κ1) is 23.2. The molecule has 1 aliphatic heterocycles. The number of nitrogens with zero attached hydrogens (tertiary/aromatic N) is 4. The molecule has 1 aromatic heterocycles. The van der Waals surface area contributed by atoms with Gasteiger partial charge in [0.25, 0.3) is 5.91 Å². The number of likely N-dealkylation sites (N-methyl/N-ethyl adjacent to an activating group) is 1. The predicted molar refractivity (Wildman–Crippen MR) is 127 cm³/mol. The molecular weight excluding hydrogens is 420 g/mol. The molecule has 2 aromatic rings. The number of aromatic nitrogens is 2. The largest absolute Gasteiger partial charge is 0.325 e. The van der Waals surface area contributed by atoms with E-state index < -0.39 is 17.5 Å². The molecule has 1 saturated carbocycles. The van der Waals surface area contributed by atoms with Crippen LogP contribution < -0.4 is 10.6 Å². The fourth-order valence-corrected chi connectivity index (χ4v) is 5.13. The number of hydrogen-bond donors (Lipinski definition) is 2. The third-order valence-electron chi connectivity index (χ3n) is 7.24. The number of anilines is 1. The smallest absolute Gasteiger partial charge is 0.323 e. The van der Waals surface area contributed by atoms with E-state index in [1.165, 1.54) is 0 Å². The van der Waals surface area contributed by atoms with Gasteiger partial charge in [-0.2, -0.15) is 0 Å². The van der Waals surface area contributed by atoms with Crippen LogP contribution in [-0.2, 0) is 16.1 Å². The summed E-state index contributed by atoms with van der Waals surface area (Å²) < 4.78 is 1.99. The second-order valence-electron chi connectivity index (χ2n) is 9.09. The van der Waals surface area contributed by atoms with E-state index >= 15 is 0 Å².